The lowest BCUT2D eigenvalue weighted by Crippen LogP contribution is -2.27. The highest BCUT2D eigenvalue weighted by atomic mass is 32.2. The first-order valence-corrected chi connectivity index (χ1v) is 6.08. The lowest BCUT2D eigenvalue weighted by atomic mass is 10.3. The first-order chi connectivity index (χ1) is 7.25. The predicted octanol–water partition coefficient (Wildman–Crippen LogP) is 1.25. The third-order valence-electron chi connectivity index (χ3n) is 2.94. The van der Waals surface area contributed by atoms with Crippen LogP contribution in [0.3, 0.4) is 0 Å². The summed E-state index contributed by atoms with van der Waals surface area (Å²) in [5, 5.41) is 0. The van der Waals surface area contributed by atoms with Crippen molar-refractivity contribution in [2.75, 3.05) is 0 Å². The highest BCUT2D eigenvalue weighted by molar-refractivity contribution is 7.87. The number of ketones is 1. The van der Waals surface area contributed by atoms with E-state index in [0.29, 0.717) is 11.3 Å². The number of benzene rings is 1. The second-order valence-electron chi connectivity index (χ2n) is 3.82. The highest BCUT2D eigenvalue weighted by Crippen LogP contribution is 2.51. The Kier molecular flexibility index (Phi) is 1.85. The van der Waals surface area contributed by atoms with E-state index in [2.05, 4.69) is 0 Å². The number of epoxide rings is 1. The van der Waals surface area contributed by atoms with Crippen molar-refractivity contribution in [3.63, 3.8) is 0 Å². The Morgan fingerprint density at radius 2 is 2.07 bits per heavy atom. The lowest BCUT2D eigenvalue weighted by Gasteiger charge is -2.07. The Hall–Kier alpha value is -1.00. The van der Waals surface area contributed by atoms with Crippen LogP contribution < -0.4 is 0 Å². The molecule has 1 heterocycles. The Morgan fingerprint density at radius 3 is 2.60 bits per heavy atom. The highest BCUT2D eigenvalue weighted by Gasteiger charge is 2.70. The van der Waals surface area contributed by atoms with Crippen LogP contribution in [-0.4, -0.2) is 21.0 Å². The zero-order valence-electron chi connectivity index (χ0n) is 8.01. The minimum absolute atomic E-state index is 0.00492. The maximum Gasteiger partial charge on any atom is 0.232 e. The first kappa shape index (κ1) is 9.24. The molecule has 0 spiro atoms. The number of fused-ring (bicyclic) bond motifs is 1. The van der Waals surface area contributed by atoms with Gasteiger partial charge in [-0.25, -0.2) is 0 Å². The van der Waals surface area contributed by atoms with Gasteiger partial charge in [-0.1, -0.05) is 18.2 Å². The van der Waals surface area contributed by atoms with Crippen LogP contribution in [-0.2, 0) is 20.3 Å². The van der Waals surface area contributed by atoms with Gasteiger partial charge in [0, 0.05) is 11.3 Å². The number of hydrogen-bond donors (Lipinski definition) is 0. The molecule has 3 nitrogen and oxygen atoms in total. The van der Waals surface area contributed by atoms with Crippen molar-refractivity contribution < 1.29 is 13.7 Å². The SMILES string of the molecule is O=C1CC[C@@H]2O[C@]12[S@@](=O)c1ccccc1. The van der Waals surface area contributed by atoms with Crippen LogP contribution in [0.15, 0.2) is 35.2 Å². The summed E-state index contributed by atoms with van der Waals surface area (Å²) >= 11 is 0. The van der Waals surface area contributed by atoms with Crippen LogP contribution in [0.2, 0.25) is 0 Å². The molecule has 2 fully saturated rings. The molecule has 4 heteroatoms. The van der Waals surface area contributed by atoms with Crippen molar-refractivity contribution in [1.29, 1.82) is 0 Å². The Morgan fingerprint density at radius 1 is 1.33 bits per heavy atom. The third kappa shape index (κ3) is 1.15. The van der Waals surface area contributed by atoms with Crippen LogP contribution in [0.4, 0.5) is 0 Å². The number of ether oxygens (including phenoxy) is 1. The van der Waals surface area contributed by atoms with E-state index in [-0.39, 0.29) is 11.9 Å². The van der Waals surface area contributed by atoms with Crippen LogP contribution in [0.5, 0.6) is 0 Å². The number of carbonyl (C=O) groups excluding carboxylic acids is 1. The van der Waals surface area contributed by atoms with Gasteiger partial charge in [0.2, 0.25) is 4.93 Å². The molecule has 0 radical (unpaired) electrons. The first-order valence-electron chi connectivity index (χ1n) is 4.93. The minimum Gasteiger partial charge on any atom is -0.344 e. The normalized spacial score (nSPS) is 34.9. The lowest BCUT2D eigenvalue weighted by molar-refractivity contribution is -0.121. The van der Waals surface area contributed by atoms with Crippen molar-refractivity contribution in [2.45, 2.75) is 28.8 Å². The monoisotopic (exact) mass is 222 g/mol. The summed E-state index contributed by atoms with van der Waals surface area (Å²) in [6, 6.07) is 9.05. The number of Topliss-reactive ketones (excluding diaryl/α,β-unsaturated/α-hetero) is 1. The molecule has 0 aromatic heterocycles. The van der Waals surface area contributed by atoms with Crippen LogP contribution in [0.1, 0.15) is 12.8 Å². The maximum absolute atomic E-state index is 12.2. The van der Waals surface area contributed by atoms with Gasteiger partial charge < -0.3 is 4.74 Å². The molecule has 3 atom stereocenters. The van der Waals surface area contributed by atoms with Gasteiger partial charge in [0.1, 0.15) is 6.10 Å². The van der Waals surface area contributed by atoms with E-state index < -0.39 is 15.7 Å². The molecule has 1 aromatic carbocycles. The van der Waals surface area contributed by atoms with Gasteiger partial charge in [0.05, 0.1) is 10.8 Å². The van der Waals surface area contributed by atoms with Crippen molar-refractivity contribution in [3.8, 4) is 0 Å². The van der Waals surface area contributed by atoms with E-state index in [1.807, 2.05) is 18.2 Å². The van der Waals surface area contributed by atoms with E-state index in [1.54, 1.807) is 12.1 Å². The average Bonchev–Trinajstić information content (AvgIpc) is 2.94. The topological polar surface area (TPSA) is 46.7 Å². The summed E-state index contributed by atoms with van der Waals surface area (Å²) in [6.07, 6.45) is 1.12. The Balaban J connectivity index is 1.97. The molecular weight excluding hydrogens is 212 g/mol. The molecule has 1 saturated heterocycles. The predicted molar refractivity (Wildman–Crippen MR) is 54.7 cm³/mol. The molecule has 0 N–H and O–H groups in total. The van der Waals surface area contributed by atoms with Gasteiger partial charge in [0.25, 0.3) is 0 Å². The second kappa shape index (κ2) is 3.00. The number of hydrogen-bond acceptors (Lipinski definition) is 3. The van der Waals surface area contributed by atoms with E-state index in [4.69, 9.17) is 4.74 Å². The molecule has 1 saturated carbocycles. The molecule has 0 unspecified atom stereocenters. The largest absolute Gasteiger partial charge is 0.344 e. The third-order valence-corrected chi connectivity index (χ3v) is 4.78. The Bertz CT molecular complexity index is 442. The van der Waals surface area contributed by atoms with Crippen molar-refractivity contribution in [1.82, 2.24) is 0 Å². The van der Waals surface area contributed by atoms with E-state index in [9.17, 15) is 9.00 Å². The van der Waals surface area contributed by atoms with Crippen LogP contribution in [0, 0.1) is 0 Å². The fourth-order valence-electron chi connectivity index (χ4n) is 2.09. The average molecular weight is 222 g/mol. The quantitative estimate of drug-likeness (QED) is 0.707. The number of carbonyl (C=O) groups is 1. The summed E-state index contributed by atoms with van der Waals surface area (Å²) < 4.78 is 17.5. The zero-order valence-corrected chi connectivity index (χ0v) is 8.83. The summed E-state index contributed by atoms with van der Waals surface area (Å²) in [5.74, 6) is -0.00492. The van der Waals surface area contributed by atoms with E-state index in [1.165, 1.54) is 0 Å². The molecular formula is C11H10O3S. The van der Waals surface area contributed by atoms with Crippen molar-refractivity contribution >= 4 is 16.6 Å². The van der Waals surface area contributed by atoms with Gasteiger partial charge in [-0.15, -0.1) is 0 Å². The molecule has 2 aliphatic rings. The van der Waals surface area contributed by atoms with Crippen molar-refractivity contribution in [2.24, 2.45) is 0 Å². The van der Waals surface area contributed by atoms with Crippen molar-refractivity contribution in [3.05, 3.63) is 30.3 Å². The van der Waals surface area contributed by atoms with Gasteiger partial charge >= 0.3 is 0 Å². The molecule has 3 rings (SSSR count). The zero-order chi connectivity index (χ0) is 10.5. The fraction of sp³-hybridized carbons (Fsp3) is 0.364. The smallest absolute Gasteiger partial charge is 0.232 e. The number of rotatable bonds is 2. The molecule has 1 aliphatic carbocycles. The molecule has 0 amide bonds. The standard InChI is InChI=1S/C11H10O3S/c12-9-6-7-10-11(9,14-10)15(13)8-4-2-1-3-5-8/h1-5,10H,6-7H2/t10-,11-,15-/m0/s1. The van der Waals surface area contributed by atoms with Gasteiger partial charge in [0.15, 0.2) is 5.78 Å². The fourth-order valence-corrected chi connectivity index (χ4v) is 3.72. The molecule has 1 aliphatic heterocycles. The summed E-state index contributed by atoms with van der Waals surface area (Å²) in [5.41, 5.74) is 0. The van der Waals surface area contributed by atoms with Crippen LogP contribution >= 0.6 is 0 Å². The summed E-state index contributed by atoms with van der Waals surface area (Å²) in [6.45, 7) is 0. The summed E-state index contributed by atoms with van der Waals surface area (Å²) in [4.78, 5) is 11.3. The van der Waals surface area contributed by atoms with Gasteiger partial charge in [-0.3, -0.25) is 9.00 Å². The van der Waals surface area contributed by atoms with E-state index in [0.717, 1.165) is 6.42 Å². The molecule has 0 bridgehead atoms. The van der Waals surface area contributed by atoms with Gasteiger partial charge in [-0.05, 0) is 18.6 Å². The summed E-state index contributed by atoms with van der Waals surface area (Å²) in [7, 11) is -1.35. The van der Waals surface area contributed by atoms with E-state index >= 15 is 0 Å². The van der Waals surface area contributed by atoms with Crippen LogP contribution in [0.25, 0.3) is 0 Å². The maximum atomic E-state index is 12.2. The Labute approximate surface area is 89.9 Å². The van der Waals surface area contributed by atoms with Gasteiger partial charge in [-0.2, -0.15) is 0 Å². The molecule has 15 heavy (non-hydrogen) atoms. The molecule has 78 valence electrons. The second-order valence-corrected chi connectivity index (χ2v) is 5.43. The minimum atomic E-state index is -1.35. The molecule has 1 aromatic rings.